The van der Waals surface area contributed by atoms with E-state index < -0.39 is 0 Å². The molecule has 0 saturated heterocycles. The zero-order valence-corrected chi connectivity index (χ0v) is 12.1. The Morgan fingerprint density at radius 3 is 2.33 bits per heavy atom. The van der Waals surface area contributed by atoms with Crippen LogP contribution in [0.4, 0.5) is 0 Å². The molecule has 0 bridgehead atoms. The van der Waals surface area contributed by atoms with Crippen LogP contribution < -0.4 is 5.32 Å². The monoisotopic (exact) mass is 245 g/mol. The van der Waals surface area contributed by atoms with E-state index in [0.717, 1.165) is 6.54 Å². The number of aryl methyl sites for hydroxylation is 2. The molecule has 1 aromatic rings. The molecule has 2 atom stereocenters. The predicted molar refractivity (Wildman–Crippen MR) is 79.2 cm³/mol. The fraction of sp³-hybridized carbons (Fsp3) is 0.647. The normalized spacial score (nSPS) is 24.8. The molecule has 1 N–H and O–H groups in total. The molecule has 1 aliphatic rings. The van der Waals surface area contributed by atoms with Crippen LogP contribution in [0.15, 0.2) is 18.2 Å². The van der Waals surface area contributed by atoms with Crippen molar-refractivity contribution < 1.29 is 0 Å². The minimum absolute atomic E-state index is 0.679. The van der Waals surface area contributed by atoms with E-state index in [9.17, 15) is 0 Å². The summed E-state index contributed by atoms with van der Waals surface area (Å²) >= 11 is 0. The Hall–Kier alpha value is -0.820. The Bertz CT molecular complexity index is 363. The lowest BCUT2D eigenvalue weighted by atomic mass is 9.86. The maximum atomic E-state index is 3.71. The molecule has 1 heteroatoms. The molecule has 1 saturated carbocycles. The fourth-order valence-electron chi connectivity index (χ4n) is 3.44. The number of rotatable bonds is 3. The zero-order valence-electron chi connectivity index (χ0n) is 12.1. The summed E-state index contributed by atoms with van der Waals surface area (Å²) in [5.41, 5.74) is 4.37. The zero-order chi connectivity index (χ0) is 13.0. The molecule has 0 heterocycles. The summed E-state index contributed by atoms with van der Waals surface area (Å²) < 4.78 is 0. The van der Waals surface area contributed by atoms with E-state index in [1.54, 1.807) is 5.56 Å². The first-order valence-electron chi connectivity index (χ1n) is 7.52. The molecule has 0 aromatic heterocycles. The maximum absolute atomic E-state index is 3.71. The molecule has 0 aliphatic heterocycles. The van der Waals surface area contributed by atoms with Crippen LogP contribution >= 0.6 is 0 Å². The van der Waals surface area contributed by atoms with Crippen molar-refractivity contribution in [3.8, 4) is 0 Å². The molecular formula is C17H27N. The second-order valence-electron chi connectivity index (χ2n) is 5.83. The first-order valence-corrected chi connectivity index (χ1v) is 7.52. The van der Waals surface area contributed by atoms with Crippen LogP contribution in [0.25, 0.3) is 0 Å². The SMILES string of the molecule is CCNC1CCCCCC1c1cc(C)cc(C)c1. The summed E-state index contributed by atoms with van der Waals surface area (Å²) in [6.45, 7) is 7.75. The average Bonchev–Trinajstić information content (AvgIpc) is 2.54. The van der Waals surface area contributed by atoms with Gasteiger partial charge in [-0.05, 0) is 44.7 Å². The van der Waals surface area contributed by atoms with Crippen LogP contribution in [0, 0.1) is 13.8 Å². The van der Waals surface area contributed by atoms with Crippen molar-refractivity contribution in [1.82, 2.24) is 5.32 Å². The number of hydrogen-bond donors (Lipinski definition) is 1. The quantitative estimate of drug-likeness (QED) is 0.782. The number of nitrogens with one attached hydrogen (secondary N) is 1. The molecule has 1 nitrogen and oxygen atoms in total. The standard InChI is InChI=1S/C17H27N/c1-4-18-17-9-7-5-6-8-16(17)15-11-13(2)10-14(3)12-15/h10-12,16-18H,4-9H2,1-3H3. The number of hydrogen-bond acceptors (Lipinski definition) is 1. The number of benzene rings is 1. The third-order valence-corrected chi connectivity index (χ3v) is 4.15. The van der Waals surface area contributed by atoms with Crippen LogP contribution in [-0.2, 0) is 0 Å². The van der Waals surface area contributed by atoms with Crippen LogP contribution in [0.1, 0.15) is 61.6 Å². The van der Waals surface area contributed by atoms with Gasteiger partial charge in [0.15, 0.2) is 0 Å². The topological polar surface area (TPSA) is 12.0 Å². The summed E-state index contributed by atoms with van der Waals surface area (Å²) in [6.07, 6.45) is 6.87. The van der Waals surface area contributed by atoms with Gasteiger partial charge in [-0.25, -0.2) is 0 Å². The lowest BCUT2D eigenvalue weighted by Crippen LogP contribution is -2.34. The van der Waals surface area contributed by atoms with Crippen molar-refractivity contribution in [2.45, 2.75) is 64.8 Å². The van der Waals surface area contributed by atoms with Gasteiger partial charge in [-0.1, -0.05) is 55.5 Å². The Labute approximate surface area is 112 Å². The van der Waals surface area contributed by atoms with Crippen LogP contribution in [0.3, 0.4) is 0 Å². The molecule has 2 unspecified atom stereocenters. The average molecular weight is 245 g/mol. The molecule has 0 amide bonds. The van der Waals surface area contributed by atoms with Gasteiger partial charge < -0.3 is 5.32 Å². The first-order chi connectivity index (χ1) is 8.70. The lowest BCUT2D eigenvalue weighted by molar-refractivity contribution is 0.419. The van der Waals surface area contributed by atoms with E-state index >= 15 is 0 Å². The highest BCUT2D eigenvalue weighted by atomic mass is 14.9. The Morgan fingerprint density at radius 2 is 1.67 bits per heavy atom. The second kappa shape index (κ2) is 6.38. The Morgan fingerprint density at radius 1 is 1.00 bits per heavy atom. The summed E-state index contributed by atoms with van der Waals surface area (Å²) in [6, 6.07) is 7.75. The van der Waals surface area contributed by atoms with Crippen molar-refractivity contribution in [2.75, 3.05) is 6.54 Å². The molecule has 1 aromatic carbocycles. The van der Waals surface area contributed by atoms with Crippen LogP contribution in [-0.4, -0.2) is 12.6 Å². The lowest BCUT2D eigenvalue weighted by Gasteiger charge is -2.27. The molecular weight excluding hydrogens is 218 g/mol. The molecule has 0 spiro atoms. The number of likely N-dealkylation sites (N-methyl/N-ethyl adjacent to an activating group) is 1. The molecule has 0 radical (unpaired) electrons. The smallest absolute Gasteiger partial charge is 0.0136 e. The highest BCUT2D eigenvalue weighted by Crippen LogP contribution is 2.33. The van der Waals surface area contributed by atoms with Gasteiger partial charge >= 0.3 is 0 Å². The van der Waals surface area contributed by atoms with E-state index in [1.807, 2.05) is 0 Å². The predicted octanol–water partition coefficient (Wildman–Crippen LogP) is 4.33. The van der Waals surface area contributed by atoms with Gasteiger partial charge in [0, 0.05) is 6.04 Å². The van der Waals surface area contributed by atoms with E-state index in [2.05, 4.69) is 44.3 Å². The van der Waals surface area contributed by atoms with E-state index in [4.69, 9.17) is 0 Å². The van der Waals surface area contributed by atoms with E-state index in [-0.39, 0.29) is 0 Å². The molecule has 100 valence electrons. The Kier molecular flexibility index (Phi) is 4.82. The Balaban J connectivity index is 2.25. The van der Waals surface area contributed by atoms with Gasteiger partial charge in [-0.3, -0.25) is 0 Å². The van der Waals surface area contributed by atoms with Gasteiger partial charge in [0.05, 0.1) is 0 Å². The van der Waals surface area contributed by atoms with Crippen molar-refractivity contribution in [3.05, 3.63) is 34.9 Å². The fourth-order valence-corrected chi connectivity index (χ4v) is 3.44. The van der Waals surface area contributed by atoms with Gasteiger partial charge in [-0.15, -0.1) is 0 Å². The van der Waals surface area contributed by atoms with Crippen LogP contribution in [0.5, 0.6) is 0 Å². The first kappa shape index (κ1) is 13.6. The molecule has 18 heavy (non-hydrogen) atoms. The van der Waals surface area contributed by atoms with Crippen molar-refractivity contribution >= 4 is 0 Å². The second-order valence-corrected chi connectivity index (χ2v) is 5.83. The van der Waals surface area contributed by atoms with Gasteiger partial charge in [0.25, 0.3) is 0 Å². The molecule has 2 rings (SSSR count). The molecule has 1 aliphatic carbocycles. The minimum atomic E-state index is 0.679. The largest absolute Gasteiger partial charge is 0.314 e. The summed E-state index contributed by atoms with van der Waals surface area (Å²) in [4.78, 5) is 0. The highest BCUT2D eigenvalue weighted by molar-refractivity contribution is 5.32. The maximum Gasteiger partial charge on any atom is 0.0136 e. The van der Waals surface area contributed by atoms with Gasteiger partial charge in [0.1, 0.15) is 0 Å². The van der Waals surface area contributed by atoms with E-state index in [0.29, 0.717) is 12.0 Å². The van der Waals surface area contributed by atoms with Gasteiger partial charge in [-0.2, -0.15) is 0 Å². The van der Waals surface area contributed by atoms with Crippen molar-refractivity contribution in [2.24, 2.45) is 0 Å². The van der Waals surface area contributed by atoms with Crippen molar-refractivity contribution in [3.63, 3.8) is 0 Å². The summed E-state index contributed by atoms with van der Waals surface area (Å²) in [5, 5.41) is 3.71. The minimum Gasteiger partial charge on any atom is -0.314 e. The third kappa shape index (κ3) is 3.35. The van der Waals surface area contributed by atoms with E-state index in [1.165, 1.54) is 43.2 Å². The van der Waals surface area contributed by atoms with Crippen molar-refractivity contribution in [1.29, 1.82) is 0 Å². The van der Waals surface area contributed by atoms with Crippen LogP contribution in [0.2, 0.25) is 0 Å². The summed E-state index contributed by atoms with van der Waals surface area (Å²) in [5.74, 6) is 0.714. The molecule has 1 fully saturated rings. The summed E-state index contributed by atoms with van der Waals surface area (Å²) in [7, 11) is 0. The van der Waals surface area contributed by atoms with Gasteiger partial charge in [0.2, 0.25) is 0 Å². The third-order valence-electron chi connectivity index (χ3n) is 4.15. The highest BCUT2D eigenvalue weighted by Gasteiger charge is 2.24.